The van der Waals surface area contributed by atoms with Gasteiger partial charge in [-0.15, -0.1) is 0 Å². The van der Waals surface area contributed by atoms with Crippen LogP contribution in [0.4, 0.5) is 5.69 Å². The second kappa shape index (κ2) is 6.75. The van der Waals surface area contributed by atoms with E-state index in [0.29, 0.717) is 23.8 Å². The zero-order valence-electron chi connectivity index (χ0n) is 13.4. The first-order valence-electron chi connectivity index (χ1n) is 7.29. The monoisotopic (exact) mass is 320 g/mol. The Morgan fingerprint density at radius 2 is 2.12 bits per heavy atom. The van der Waals surface area contributed by atoms with Gasteiger partial charge in [0.1, 0.15) is 31.1 Å². The van der Waals surface area contributed by atoms with Gasteiger partial charge >= 0.3 is 0 Å². The van der Waals surface area contributed by atoms with E-state index in [4.69, 9.17) is 0 Å². The third-order valence-electron chi connectivity index (χ3n) is 3.39. The highest BCUT2D eigenvalue weighted by Crippen LogP contribution is 2.17. The van der Waals surface area contributed by atoms with Gasteiger partial charge in [0, 0.05) is 19.8 Å². The molecule has 0 aliphatic heterocycles. The minimum absolute atomic E-state index is 0.365. The normalized spacial score (nSPS) is 11.3. The zero-order valence-corrected chi connectivity index (χ0v) is 13.4. The van der Waals surface area contributed by atoms with E-state index in [2.05, 4.69) is 31.3 Å². The van der Waals surface area contributed by atoms with Gasteiger partial charge in [-0.25, -0.2) is 14.6 Å². The Morgan fingerprint density at radius 1 is 1.33 bits per heavy atom. The lowest BCUT2D eigenvalue weighted by Crippen LogP contribution is -2.07. The van der Waals surface area contributed by atoms with Crippen molar-refractivity contribution in [1.82, 2.24) is 29.9 Å². The molecule has 8 nitrogen and oxygen atoms in total. The van der Waals surface area contributed by atoms with Gasteiger partial charge in [0.25, 0.3) is 0 Å². The molecule has 0 bridgehead atoms. The predicted octanol–water partition coefficient (Wildman–Crippen LogP) is 1.57. The Bertz CT molecular complexity index is 866. The first kappa shape index (κ1) is 15.4. The molecule has 0 fully saturated rings. The van der Waals surface area contributed by atoms with Crippen molar-refractivity contribution in [3.63, 3.8) is 0 Å². The number of hydrogen-bond donors (Lipinski definition) is 1. The van der Waals surface area contributed by atoms with E-state index in [1.54, 1.807) is 17.1 Å². The van der Waals surface area contributed by atoms with Gasteiger partial charge in [-0.1, -0.05) is 12.1 Å². The van der Waals surface area contributed by atoms with Crippen LogP contribution in [0, 0.1) is 11.3 Å². The molecule has 1 N–H and O–H groups in total. The molecular weight excluding hydrogens is 304 g/mol. The van der Waals surface area contributed by atoms with E-state index in [-0.39, 0.29) is 0 Å². The molecule has 120 valence electrons. The minimum atomic E-state index is 0.365. The molecule has 0 unspecified atom stereocenters. The second-order valence-electron chi connectivity index (χ2n) is 5.35. The van der Waals surface area contributed by atoms with E-state index in [1.165, 1.54) is 6.33 Å². The van der Waals surface area contributed by atoms with Crippen LogP contribution in [0.25, 0.3) is 11.6 Å². The lowest BCUT2D eigenvalue weighted by Gasteiger charge is -2.11. The molecule has 0 saturated carbocycles. The molecular formula is C16H16N8. The Hall–Kier alpha value is -3.47. The zero-order chi connectivity index (χ0) is 16.9. The van der Waals surface area contributed by atoms with E-state index in [9.17, 15) is 5.26 Å². The first-order valence-corrected chi connectivity index (χ1v) is 7.29. The van der Waals surface area contributed by atoms with Crippen LogP contribution in [0.3, 0.4) is 0 Å². The van der Waals surface area contributed by atoms with Crippen LogP contribution in [0.1, 0.15) is 17.2 Å². The molecule has 1 aromatic carbocycles. The van der Waals surface area contributed by atoms with Crippen molar-refractivity contribution < 1.29 is 0 Å². The van der Waals surface area contributed by atoms with Gasteiger partial charge in [0.2, 0.25) is 0 Å². The second-order valence-corrected chi connectivity index (χ2v) is 5.35. The topological polar surface area (TPSA) is 99.3 Å². The van der Waals surface area contributed by atoms with Crippen LogP contribution in [-0.2, 0) is 6.54 Å². The summed E-state index contributed by atoms with van der Waals surface area (Å²) in [6.45, 7) is 0.420. The molecule has 0 aliphatic carbocycles. The van der Waals surface area contributed by atoms with Crippen LogP contribution in [0.5, 0.6) is 0 Å². The van der Waals surface area contributed by atoms with E-state index >= 15 is 0 Å². The summed E-state index contributed by atoms with van der Waals surface area (Å²) in [4.78, 5) is 10.2. The maximum Gasteiger partial charge on any atom is 0.191 e. The maximum atomic E-state index is 9.40. The molecule has 0 spiro atoms. The summed E-state index contributed by atoms with van der Waals surface area (Å²) in [5.74, 6) is 0.976. The van der Waals surface area contributed by atoms with Gasteiger partial charge in [-0.2, -0.15) is 15.5 Å². The number of aromatic nitrogens is 6. The number of nitriles is 1. The number of anilines is 1. The van der Waals surface area contributed by atoms with Crippen molar-refractivity contribution in [3.8, 4) is 6.07 Å². The number of benzene rings is 1. The Labute approximate surface area is 139 Å². The number of nitrogens with zero attached hydrogens (tertiary/aromatic N) is 7. The summed E-state index contributed by atoms with van der Waals surface area (Å²) in [5, 5.41) is 20.3. The van der Waals surface area contributed by atoms with E-state index < -0.39 is 0 Å². The van der Waals surface area contributed by atoms with Crippen LogP contribution in [-0.4, -0.2) is 44.0 Å². The summed E-state index contributed by atoms with van der Waals surface area (Å²) in [5.41, 5.74) is 2.41. The molecule has 2 aromatic heterocycles. The Balaban J connectivity index is 1.81. The highest BCUT2D eigenvalue weighted by Gasteiger charge is 2.09. The van der Waals surface area contributed by atoms with E-state index in [0.717, 1.165) is 11.3 Å². The summed E-state index contributed by atoms with van der Waals surface area (Å²) < 4.78 is 1.63. The van der Waals surface area contributed by atoms with Gasteiger partial charge in [-0.05, 0) is 23.8 Å². The number of rotatable bonds is 5. The lowest BCUT2D eigenvalue weighted by molar-refractivity contribution is 0.655. The molecule has 0 saturated heterocycles. The highest BCUT2D eigenvalue weighted by molar-refractivity contribution is 5.87. The Morgan fingerprint density at radius 3 is 2.75 bits per heavy atom. The van der Waals surface area contributed by atoms with E-state index in [1.807, 2.05) is 43.3 Å². The predicted molar refractivity (Wildman–Crippen MR) is 89.8 cm³/mol. The fourth-order valence-electron chi connectivity index (χ4n) is 2.14. The number of aromatic amines is 1. The molecule has 0 atom stereocenters. The number of H-pyrrole nitrogens is 1. The molecule has 8 heteroatoms. The standard InChI is InChI=1S/C16H16N8/c1-23(2)14-5-3-12(4-6-14)7-13(8-17)16-20-15(21-22-16)9-24-11-18-10-19-24/h3-7,10-11H,9H2,1-2H3,(H,20,21,22)/b13-7-. The van der Waals surface area contributed by atoms with Crippen LogP contribution in [0.2, 0.25) is 0 Å². The van der Waals surface area contributed by atoms with Crippen molar-refractivity contribution in [3.05, 3.63) is 54.1 Å². The number of hydrogen-bond acceptors (Lipinski definition) is 6. The smallest absolute Gasteiger partial charge is 0.191 e. The molecule has 2 heterocycles. The molecule has 3 aromatic rings. The maximum absolute atomic E-state index is 9.40. The average molecular weight is 320 g/mol. The van der Waals surface area contributed by atoms with Crippen molar-refractivity contribution in [2.45, 2.75) is 6.54 Å². The summed E-state index contributed by atoms with van der Waals surface area (Å²) in [7, 11) is 3.96. The average Bonchev–Trinajstić information content (AvgIpc) is 3.25. The van der Waals surface area contributed by atoms with Crippen LogP contribution < -0.4 is 4.90 Å². The number of allylic oxidation sites excluding steroid dienone is 1. The number of nitrogens with one attached hydrogen (secondary N) is 1. The van der Waals surface area contributed by atoms with Crippen LogP contribution >= 0.6 is 0 Å². The minimum Gasteiger partial charge on any atom is -0.378 e. The SMILES string of the molecule is CN(C)c1ccc(/C=C(/C#N)c2n[nH]c(Cn3cncn3)n2)cc1. The lowest BCUT2D eigenvalue weighted by atomic mass is 10.1. The van der Waals surface area contributed by atoms with Crippen molar-refractivity contribution in [2.75, 3.05) is 19.0 Å². The molecule has 24 heavy (non-hydrogen) atoms. The largest absolute Gasteiger partial charge is 0.378 e. The van der Waals surface area contributed by atoms with Crippen molar-refractivity contribution >= 4 is 17.3 Å². The first-order chi connectivity index (χ1) is 11.7. The quantitative estimate of drug-likeness (QED) is 0.716. The van der Waals surface area contributed by atoms with Crippen molar-refractivity contribution in [1.29, 1.82) is 5.26 Å². The fourth-order valence-corrected chi connectivity index (χ4v) is 2.14. The summed E-state index contributed by atoms with van der Waals surface area (Å²) in [6, 6.07) is 10.0. The third kappa shape index (κ3) is 3.47. The van der Waals surface area contributed by atoms with Crippen molar-refractivity contribution in [2.24, 2.45) is 0 Å². The molecule has 0 amide bonds. The van der Waals surface area contributed by atoms with Gasteiger partial charge in [-0.3, -0.25) is 5.10 Å². The summed E-state index contributed by atoms with van der Waals surface area (Å²) >= 11 is 0. The third-order valence-corrected chi connectivity index (χ3v) is 3.39. The van der Waals surface area contributed by atoms with Gasteiger partial charge in [0.15, 0.2) is 5.82 Å². The van der Waals surface area contributed by atoms with Gasteiger partial charge in [0.05, 0.1) is 5.57 Å². The molecule has 0 radical (unpaired) electrons. The molecule has 3 rings (SSSR count). The molecule has 0 aliphatic rings. The fraction of sp³-hybridized carbons (Fsp3) is 0.188. The highest BCUT2D eigenvalue weighted by atomic mass is 15.3. The van der Waals surface area contributed by atoms with Gasteiger partial charge < -0.3 is 4.90 Å². The summed E-state index contributed by atoms with van der Waals surface area (Å²) in [6.07, 6.45) is 4.81. The Kier molecular flexibility index (Phi) is 4.34. The van der Waals surface area contributed by atoms with Crippen LogP contribution in [0.15, 0.2) is 36.9 Å².